The quantitative estimate of drug-likeness (QED) is 0.868. The summed E-state index contributed by atoms with van der Waals surface area (Å²) in [5.41, 5.74) is 0.293. The Morgan fingerprint density at radius 1 is 1.35 bits per heavy atom. The Balaban J connectivity index is 2.66. The summed E-state index contributed by atoms with van der Waals surface area (Å²) in [6.45, 7) is 3.77. The lowest BCUT2D eigenvalue weighted by atomic mass is 10.1. The fourth-order valence-electron chi connectivity index (χ4n) is 1.79. The first-order valence-corrected chi connectivity index (χ1v) is 6.45. The summed E-state index contributed by atoms with van der Waals surface area (Å²) < 4.78 is 40.6. The van der Waals surface area contributed by atoms with Crippen LogP contribution in [0, 0.1) is 5.92 Å². The number of alkyl halides is 3. The van der Waals surface area contributed by atoms with Gasteiger partial charge in [-0.3, -0.25) is 4.79 Å². The molecule has 1 amide bonds. The molecule has 0 radical (unpaired) electrons. The second-order valence-electron chi connectivity index (χ2n) is 4.56. The highest BCUT2D eigenvalue weighted by atomic mass is 19.4. The van der Waals surface area contributed by atoms with E-state index < -0.39 is 6.36 Å². The topological polar surface area (TPSA) is 38.3 Å². The van der Waals surface area contributed by atoms with E-state index in [1.54, 1.807) is 13.0 Å². The van der Waals surface area contributed by atoms with Gasteiger partial charge in [-0.2, -0.15) is 0 Å². The highest BCUT2D eigenvalue weighted by molar-refractivity contribution is 5.78. The molecule has 1 unspecified atom stereocenters. The summed E-state index contributed by atoms with van der Waals surface area (Å²) in [4.78, 5) is 11.7. The molecule has 0 aliphatic heterocycles. The van der Waals surface area contributed by atoms with Crippen LogP contribution in [0.4, 0.5) is 13.2 Å². The van der Waals surface area contributed by atoms with Gasteiger partial charge < -0.3 is 10.1 Å². The van der Waals surface area contributed by atoms with Crippen LogP contribution in [-0.2, 0) is 11.3 Å². The number of ether oxygens (including phenoxy) is 1. The molecule has 0 saturated heterocycles. The largest absolute Gasteiger partial charge is 0.573 e. The van der Waals surface area contributed by atoms with Gasteiger partial charge in [0, 0.05) is 18.0 Å². The molecule has 0 saturated carbocycles. The van der Waals surface area contributed by atoms with E-state index in [9.17, 15) is 18.0 Å². The highest BCUT2D eigenvalue weighted by Crippen LogP contribution is 2.26. The summed E-state index contributed by atoms with van der Waals surface area (Å²) in [6.07, 6.45) is -3.12. The molecule has 0 aliphatic carbocycles. The first kappa shape index (κ1) is 16.3. The highest BCUT2D eigenvalue weighted by Gasteiger charge is 2.32. The van der Waals surface area contributed by atoms with Crippen molar-refractivity contribution in [1.29, 1.82) is 0 Å². The fraction of sp³-hybridized carbons (Fsp3) is 0.500. The monoisotopic (exact) mass is 289 g/mol. The molecule has 1 atom stereocenters. The zero-order valence-electron chi connectivity index (χ0n) is 11.5. The molecule has 0 heterocycles. The van der Waals surface area contributed by atoms with Gasteiger partial charge in [0.2, 0.25) is 5.91 Å². The second-order valence-corrected chi connectivity index (χ2v) is 4.56. The number of carbonyl (C=O) groups is 1. The van der Waals surface area contributed by atoms with E-state index in [0.29, 0.717) is 5.56 Å². The van der Waals surface area contributed by atoms with Crippen LogP contribution in [0.2, 0.25) is 0 Å². The minimum Gasteiger partial charge on any atom is -0.405 e. The summed E-state index contributed by atoms with van der Waals surface area (Å²) in [6, 6.07) is 5.77. The van der Waals surface area contributed by atoms with E-state index >= 15 is 0 Å². The van der Waals surface area contributed by atoms with E-state index in [-0.39, 0.29) is 24.1 Å². The Bertz CT molecular complexity index is 446. The van der Waals surface area contributed by atoms with Crippen molar-refractivity contribution in [2.24, 2.45) is 5.92 Å². The molecule has 0 spiro atoms. The van der Waals surface area contributed by atoms with Gasteiger partial charge in [-0.05, 0) is 12.5 Å². The van der Waals surface area contributed by atoms with Crippen molar-refractivity contribution in [3.05, 3.63) is 29.8 Å². The van der Waals surface area contributed by atoms with Gasteiger partial charge >= 0.3 is 6.36 Å². The van der Waals surface area contributed by atoms with Crippen LogP contribution in [0.15, 0.2) is 24.3 Å². The molecule has 0 bridgehead atoms. The van der Waals surface area contributed by atoms with Crippen molar-refractivity contribution in [1.82, 2.24) is 5.32 Å². The molecule has 20 heavy (non-hydrogen) atoms. The third-order valence-corrected chi connectivity index (χ3v) is 2.82. The predicted octanol–water partition coefficient (Wildman–Crippen LogP) is 3.64. The molecule has 1 rings (SSSR count). The lowest BCUT2D eigenvalue weighted by molar-refractivity contribution is -0.274. The molecule has 0 fully saturated rings. The Morgan fingerprint density at radius 3 is 2.60 bits per heavy atom. The van der Waals surface area contributed by atoms with Gasteiger partial charge in [0.1, 0.15) is 5.75 Å². The summed E-state index contributed by atoms with van der Waals surface area (Å²) in [5, 5.41) is 2.62. The second kappa shape index (κ2) is 7.17. The summed E-state index contributed by atoms with van der Waals surface area (Å²) in [5.74, 6) is -0.618. The Morgan fingerprint density at radius 2 is 2.00 bits per heavy atom. The van der Waals surface area contributed by atoms with Gasteiger partial charge in [-0.25, -0.2) is 0 Å². The number of para-hydroxylation sites is 1. The van der Waals surface area contributed by atoms with Gasteiger partial charge in [0.25, 0.3) is 0 Å². The number of benzene rings is 1. The molecule has 3 nitrogen and oxygen atoms in total. The molecular weight excluding hydrogens is 271 g/mol. The Kier molecular flexibility index (Phi) is 5.85. The van der Waals surface area contributed by atoms with Crippen LogP contribution in [-0.4, -0.2) is 12.3 Å². The van der Waals surface area contributed by atoms with Crippen molar-refractivity contribution in [3.8, 4) is 5.75 Å². The molecule has 112 valence electrons. The van der Waals surface area contributed by atoms with Crippen molar-refractivity contribution < 1.29 is 22.7 Å². The van der Waals surface area contributed by atoms with Crippen LogP contribution in [0.1, 0.15) is 32.3 Å². The van der Waals surface area contributed by atoms with E-state index in [1.165, 1.54) is 18.2 Å². The molecule has 0 aromatic heterocycles. The normalized spacial score (nSPS) is 12.8. The average Bonchev–Trinajstić information content (AvgIpc) is 2.35. The maximum Gasteiger partial charge on any atom is 0.573 e. The number of rotatable bonds is 6. The Labute approximate surface area is 116 Å². The van der Waals surface area contributed by atoms with Crippen LogP contribution >= 0.6 is 0 Å². The number of carbonyl (C=O) groups excluding carboxylic acids is 1. The van der Waals surface area contributed by atoms with Gasteiger partial charge in [-0.1, -0.05) is 38.5 Å². The van der Waals surface area contributed by atoms with E-state index in [2.05, 4.69) is 10.1 Å². The molecule has 6 heteroatoms. The number of halogens is 3. The van der Waals surface area contributed by atoms with Crippen LogP contribution in [0.3, 0.4) is 0 Å². The first-order valence-electron chi connectivity index (χ1n) is 6.45. The SMILES string of the molecule is CCCC(C)C(=O)NCc1ccccc1OC(F)(F)F. The number of nitrogens with one attached hydrogen (secondary N) is 1. The van der Waals surface area contributed by atoms with Crippen molar-refractivity contribution in [3.63, 3.8) is 0 Å². The number of hydrogen-bond donors (Lipinski definition) is 1. The van der Waals surface area contributed by atoms with Crippen LogP contribution < -0.4 is 10.1 Å². The van der Waals surface area contributed by atoms with Crippen molar-refractivity contribution >= 4 is 5.91 Å². The fourth-order valence-corrected chi connectivity index (χ4v) is 1.79. The van der Waals surface area contributed by atoms with Gasteiger partial charge in [0.05, 0.1) is 0 Å². The summed E-state index contributed by atoms with van der Waals surface area (Å²) in [7, 11) is 0. The van der Waals surface area contributed by atoms with Crippen molar-refractivity contribution in [2.45, 2.75) is 39.6 Å². The van der Waals surface area contributed by atoms with Crippen LogP contribution in [0.25, 0.3) is 0 Å². The maximum absolute atomic E-state index is 12.2. The third-order valence-electron chi connectivity index (χ3n) is 2.82. The lowest BCUT2D eigenvalue weighted by Crippen LogP contribution is -2.29. The predicted molar refractivity (Wildman–Crippen MR) is 69.0 cm³/mol. The zero-order chi connectivity index (χ0) is 15.2. The zero-order valence-corrected chi connectivity index (χ0v) is 11.5. The van der Waals surface area contributed by atoms with Gasteiger partial charge in [-0.15, -0.1) is 13.2 Å². The third kappa shape index (κ3) is 5.50. The standard InChI is InChI=1S/C14H18F3NO2/c1-3-6-10(2)13(19)18-9-11-7-4-5-8-12(11)20-14(15,16)17/h4-5,7-8,10H,3,6,9H2,1-2H3,(H,18,19). The number of amides is 1. The molecule has 0 aliphatic rings. The Hall–Kier alpha value is -1.72. The smallest absolute Gasteiger partial charge is 0.405 e. The first-order chi connectivity index (χ1) is 9.33. The van der Waals surface area contributed by atoms with Gasteiger partial charge in [0.15, 0.2) is 0 Å². The molecule has 1 N–H and O–H groups in total. The summed E-state index contributed by atoms with van der Waals surface area (Å²) >= 11 is 0. The lowest BCUT2D eigenvalue weighted by Gasteiger charge is -2.15. The maximum atomic E-state index is 12.2. The van der Waals surface area contributed by atoms with Crippen molar-refractivity contribution in [2.75, 3.05) is 0 Å². The van der Waals surface area contributed by atoms with E-state index in [1.807, 2.05) is 6.92 Å². The van der Waals surface area contributed by atoms with E-state index in [4.69, 9.17) is 0 Å². The average molecular weight is 289 g/mol. The minimum absolute atomic E-state index is 0.0130. The van der Waals surface area contributed by atoms with Crippen LogP contribution in [0.5, 0.6) is 5.75 Å². The molecular formula is C14H18F3NO2. The van der Waals surface area contributed by atoms with E-state index in [0.717, 1.165) is 12.8 Å². The molecule has 1 aromatic carbocycles. The molecule has 1 aromatic rings. The number of hydrogen-bond acceptors (Lipinski definition) is 2. The minimum atomic E-state index is -4.74.